The van der Waals surface area contributed by atoms with Gasteiger partial charge in [-0.15, -0.1) is 12.4 Å². The molecular formula is C15H21BrCl2N2O2. The average molecular weight is 412 g/mol. The first kappa shape index (κ1) is 19.6. The molecule has 0 aliphatic carbocycles. The maximum absolute atomic E-state index is 12.2. The van der Waals surface area contributed by atoms with Crippen molar-refractivity contribution in [3.8, 4) is 5.75 Å². The maximum Gasteiger partial charge on any atom is 0.226 e. The fourth-order valence-electron chi connectivity index (χ4n) is 2.60. The molecule has 1 amide bonds. The first-order chi connectivity index (χ1) is 10.1. The van der Waals surface area contributed by atoms with Crippen LogP contribution in [0.4, 0.5) is 0 Å². The van der Waals surface area contributed by atoms with Gasteiger partial charge in [0.15, 0.2) is 0 Å². The summed E-state index contributed by atoms with van der Waals surface area (Å²) in [6.07, 6.45) is 2.56. The molecule has 0 saturated carbocycles. The number of halogens is 3. The van der Waals surface area contributed by atoms with Crippen molar-refractivity contribution in [2.75, 3.05) is 26.7 Å². The molecule has 22 heavy (non-hydrogen) atoms. The molecule has 1 atom stereocenters. The van der Waals surface area contributed by atoms with Crippen LogP contribution < -0.4 is 10.1 Å². The highest BCUT2D eigenvalue weighted by Crippen LogP contribution is 2.28. The monoisotopic (exact) mass is 410 g/mol. The first-order valence-corrected chi connectivity index (χ1v) is 8.31. The molecule has 124 valence electrons. The Balaban J connectivity index is 0.00000242. The second-order valence-electron chi connectivity index (χ2n) is 5.11. The van der Waals surface area contributed by atoms with Crippen LogP contribution in [0.15, 0.2) is 22.7 Å². The summed E-state index contributed by atoms with van der Waals surface area (Å²) in [4.78, 5) is 14.2. The van der Waals surface area contributed by atoms with Crippen molar-refractivity contribution in [2.45, 2.75) is 25.3 Å². The number of hydrogen-bond donors (Lipinski definition) is 1. The summed E-state index contributed by atoms with van der Waals surface area (Å²) < 4.78 is 6.45. The number of nitrogens with one attached hydrogen (secondary N) is 1. The van der Waals surface area contributed by atoms with Crippen molar-refractivity contribution < 1.29 is 9.53 Å². The van der Waals surface area contributed by atoms with Crippen molar-refractivity contribution in [1.29, 1.82) is 0 Å². The normalized spacial score (nSPS) is 17.2. The van der Waals surface area contributed by atoms with Crippen molar-refractivity contribution >= 4 is 45.8 Å². The fourth-order valence-corrected chi connectivity index (χ4v) is 3.39. The Bertz CT molecular complexity index is 502. The Morgan fingerprint density at radius 1 is 1.55 bits per heavy atom. The lowest BCUT2D eigenvalue weighted by Crippen LogP contribution is -2.41. The molecule has 4 nitrogen and oxygen atoms in total. The molecule has 1 saturated heterocycles. The molecule has 1 aromatic carbocycles. The predicted octanol–water partition coefficient (Wildman–Crippen LogP) is 3.50. The maximum atomic E-state index is 12.2. The van der Waals surface area contributed by atoms with Gasteiger partial charge in [-0.3, -0.25) is 4.79 Å². The standard InChI is InChI=1S/C15H20BrClN2O2.ClH/c1-18-10-12-3-2-7-19(12)15(20)6-8-21-14-5-4-11(17)9-13(14)16;/h4-5,9,12,18H,2-3,6-8,10H2,1H3;1H. The van der Waals surface area contributed by atoms with Crippen molar-refractivity contribution in [3.05, 3.63) is 27.7 Å². The van der Waals surface area contributed by atoms with E-state index in [4.69, 9.17) is 16.3 Å². The number of ether oxygens (including phenoxy) is 1. The van der Waals surface area contributed by atoms with Crippen LogP contribution in [0, 0.1) is 0 Å². The molecule has 0 bridgehead atoms. The van der Waals surface area contributed by atoms with Gasteiger partial charge in [0.1, 0.15) is 5.75 Å². The number of carbonyl (C=O) groups excluding carboxylic acids is 1. The van der Waals surface area contributed by atoms with Crippen molar-refractivity contribution in [2.24, 2.45) is 0 Å². The quantitative estimate of drug-likeness (QED) is 0.778. The van der Waals surface area contributed by atoms with Crippen LogP contribution in [-0.4, -0.2) is 43.6 Å². The van der Waals surface area contributed by atoms with E-state index in [9.17, 15) is 4.79 Å². The van der Waals surface area contributed by atoms with Gasteiger partial charge in [0, 0.05) is 24.2 Å². The highest BCUT2D eigenvalue weighted by atomic mass is 79.9. The Kier molecular flexibility index (Phi) is 8.54. The zero-order valence-electron chi connectivity index (χ0n) is 12.5. The molecule has 2 rings (SSSR count). The Labute approximate surface area is 151 Å². The summed E-state index contributed by atoms with van der Waals surface area (Å²) in [5.41, 5.74) is 0. The number of rotatable bonds is 6. The summed E-state index contributed by atoms with van der Waals surface area (Å²) in [7, 11) is 1.92. The van der Waals surface area contributed by atoms with E-state index >= 15 is 0 Å². The van der Waals surface area contributed by atoms with Crippen LogP contribution in [-0.2, 0) is 4.79 Å². The van der Waals surface area contributed by atoms with Crippen LogP contribution in [0.25, 0.3) is 0 Å². The Morgan fingerprint density at radius 2 is 2.32 bits per heavy atom. The topological polar surface area (TPSA) is 41.6 Å². The van der Waals surface area contributed by atoms with Crippen molar-refractivity contribution in [3.63, 3.8) is 0 Å². The van der Waals surface area contributed by atoms with Gasteiger partial charge in [0.05, 0.1) is 17.5 Å². The lowest BCUT2D eigenvalue weighted by molar-refractivity contribution is -0.132. The summed E-state index contributed by atoms with van der Waals surface area (Å²) >= 11 is 9.28. The van der Waals surface area contributed by atoms with Crippen LogP contribution in [0.3, 0.4) is 0 Å². The van der Waals surface area contributed by atoms with E-state index in [2.05, 4.69) is 21.2 Å². The summed E-state index contributed by atoms with van der Waals surface area (Å²) in [5.74, 6) is 0.873. The summed E-state index contributed by atoms with van der Waals surface area (Å²) in [5, 5.41) is 3.80. The van der Waals surface area contributed by atoms with E-state index in [-0.39, 0.29) is 18.3 Å². The minimum Gasteiger partial charge on any atom is -0.492 e. The summed E-state index contributed by atoms with van der Waals surface area (Å²) in [6, 6.07) is 5.68. The predicted molar refractivity (Wildman–Crippen MR) is 95.2 cm³/mol. The second-order valence-corrected chi connectivity index (χ2v) is 6.40. The van der Waals surface area contributed by atoms with Crippen LogP contribution in [0.2, 0.25) is 5.02 Å². The van der Waals surface area contributed by atoms with Gasteiger partial charge in [-0.1, -0.05) is 11.6 Å². The van der Waals surface area contributed by atoms with E-state index in [1.807, 2.05) is 11.9 Å². The number of likely N-dealkylation sites (N-methyl/N-ethyl adjacent to an activating group) is 1. The number of carbonyl (C=O) groups is 1. The SMILES string of the molecule is CNCC1CCCN1C(=O)CCOc1ccc(Cl)cc1Br.Cl. The zero-order valence-corrected chi connectivity index (χ0v) is 15.6. The zero-order chi connectivity index (χ0) is 15.2. The molecule has 7 heteroatoms. The van der Waals surface area contributed by atoms with Gasteiger partial charge in [-0.25, -0.2) is 0 Å². The van der Waals surface area contributed by atoms with E-state index in [0.717, 1.165) is 30.4 Å². The Hall–Kier alpha value is -0.490. The smallest absolute Gasteiger partial charge is 0.226 e. The molecule has 1 aliphatic rings. The molecule has 1 aliphatic heterocycles. The largest absolute Gasteiger partial charge is 0.492 e. The molecule has 0 spiro atoms. The van der Waals surface area contributed by atoms with E-state index in [1.54, 1.807) is 18.2 Å². The number of amides is 1. The number of hydrogen-bond acceptors (Lipinski definition) is 3. The number of nitrogens with zero attached hydrogens (tertiary/aromatic N) is 1. The average Bonchev–Trinajstić information content (AvgIpc) is 2.90. The van der Waals surface area contributed by atoms with Gasteiger partial charge < -0.3 is 15.0 Å². The minimum atomic E-state index is 0. The van der Waals surface area contributed by atoms with Crippen LogP contribution in [0.1, 0.15) is 19.3 Å². The lowest BCUT2D eigenvalue weighted by atomic mass is 10.2. The number of benzene rings is 1. The minimum absolute atomic E-state index is 0. The molecule has 1 fully saturated rings. The van der Waals surface area contributed by atoms with Crippen molar-refractivity contribution in [1.82, 2.24) is 10.2 Å². The molecule has 1 aromatic rings. The molecule has 0 radical (unpaired) electrons. The lowest BCUT2D eigenvalue weighted by Gasteiger charge is -2.24. The van der Waals surface area contributed by atoms with E-state index in [1.165, 1.54) is 0 Å². The third kappa shape index (κ3) is 5.30. The number of likely N-dealkylation sites (tertiary alicyclic amines) is 1. The highest BCUT2D eigenvalue weighted by molar-refractivity contribution is 9.10. The third-order valence-electron chi connectivity index (χ3n) is 3.60. The van der Waals surface area contributed by atoms with E-state index < -0.39 is 0 Å². The van der Waals surface area contributed by atoms with Gasteiger partial charge in [0.2, 0.25) is 5.91 Å². The Morgan fingerprint density at radius 3 is 3.00 bits per heavy atom. The molecule has 1 N–H and O–H groups in total. The first-order valence-electron chi connectivity index (χ1n) is 7.13. The molecule has 1 unspecified atom stereocenters. The highest BCUT2D eigenvalue weighted by Gasteiger charge is 2.27. The van der Waals surface area contributed by atoms with Gasteiger partial charge >= 0.3 is 0 Å². The molecule has 0 aromatic heterocycles. The molecular weight excluding hydrogens is 391 g/mol. The van der Waals surface area contributed by atoms with Gasteiger partial charge in [-0.2, -0.15) is 0 Å². The van der Waals surface area contributed by atoms with E-state index in [0.29, 0.717) is 29.8 Å². The summed E-state index contributed by atoms with van der Waals surface area (Å²) in [6.45, 7) is 2.09. The van der Waals surface area contributed by atoms with Gasteiger partial charge in [-0.05, 0) is 54.0 Å². The van der Waals surface area contributed by atoms with Crippen LogP contribution in [0.5, 0.6) is 5.75 Å². The molecule has 1 heterocycles. The second kappa shape index (κ2) is 9.60. The van der Waals surface area contributed by atoms with Crippen LogP contribution >= 0.6 is 39.9 Å². The fraction of sp³-hybridized carbons (Fsp3) is 0.533. The third-order valence-corrected chi connectivity index (χ3v) is 4.46. The van der Waals surface area contributed by atoms with Gasteiger partial charge in [0.25, 0.3) is 0 Å².